The van der Waals surface area contributed by atoms with Crippen LogP contribution < -0.4 is 18.9 Å². The fourth-order valence-electron chi connectivity index (χ4n) is 4.55. The van der Waals surface area contributed by atoms with Crippen LogP contribution in [-0.4, -0.2) is 60.0 Å². The van der Waals surface area contributed by atoms with Crippen molar-refractivity contribution in [3.05, 3.63) is 47.8 Å². The highest BCUT2D eigenvalue weighted by molar-refractivity contribution is 7.98. The molecular formula is C24H28N4O4S. The molecule has 0 saturated carbocycles. The molecule has 0 spiro atoms. The fraction of sp³-hybridized carbons (Fsp3) is 0.417. The van der Waals surface area contributed by atoms with Crippen LogP contribution in [0.15, 0.2) is 41.6 Å². The molecule has 1 aromatic heterocycles. The normalized spacial score (nSPS) is 16.2. The lowest BCUT2D eigenvalue weighted by Gasteiger charge is -2.31. The number of piperidine rings is 1. The molecule has 3 heterocycles. The van der Waals surface area contributed by atoms with Gasteiger partial charge in [-0.3, -0.25) is 9.47 Å². The van der Waals surface area contributed by atoms with Crippen molar-refractivity contribution in [3.63, 3.8) is 0 Å². The van der Waals surface area contributed by atoms with E-state index < -0.39 is 0 Å². The summed E-state index contributed by atoms with van der Waals surface area (Å²) in [5.74, 6) is 4.39. The molecule has 5 rings (SSSR count). The summed E-state index contributed by atoms with van der Waals surface area (Å²) in [6.07, 6.45) is 4.09. The number of likely N-dealkylation sites (tertiary alicyclic amines) is 1. The van der Waals surface area contributed by atoms with E-state index in [2.05, 4.69) is 31.8 Å². The second-order valence-corrected chi connectivity index (χ2v) is 8.94. The Morgan fingerprint density at radius 1 is 1.06 bits per heavy atom. The van der Waals surface area contributed by atoms with E-state index in [1.54, 1.807) is 26.0 Å². The number of hydrogen-bond donors (Lipinski definition) is 0. The third kappa shape index (κ3) is 4.35. The van der Waals surface area contributed by atoms with Gasteiger partial charge in [0.05, 0.1) is 19.9 Å². The van der Waals surface area contributed by atoms with Gasteiger partial charge in [0, 0.05) is 18.5 Å². The van der Waals surface area contributed by atoms with Gasteiger partial charge in [-0.2, -0.15) is 0 Å². The maximum absolute atomic E-state index is 5.58. The number of fused-ring (bicyclic) bond motifs is 1. The van der Waals surface area contributed by atoms with Crippen LogP contribution in [0.3, 0.4) is 0 Å². The minimum atomic E-state index is 0.243. The van der Waals surface area contributed by atoms with Crippen LogP contribution in [0.25, 0.3) is 5.69 Å². The smallest absolute Gasteiger partial charge is 0.231 e. The number of rotatable bonds is 7. The molecule has 3 aromatic rings. The second-order valence-electron chi connectivity index (χ2n) is 8.16. The summed E-state index contributed by atoms with van der Waals surface area (Å²) in [5.41, 5.74) is 2.20. The summed E-state index contributed by atoms with van der Waals surface area (Å²) in [6.45, 7) is 3.06. The number of ether oxygens (including phenoxy) is 4. The van der Waals surface area contributed by atoms with Gasteiger partial charge in [0.2, 0.25) is 12.5 Å². The van der Waals surface area contributed by atoms with Gasteiger partial charge in [0.15, 0.2) is 16.7 Å². The summed E-state index contributed by atoms with van der Waals surface area (Å²) < 4.78 is 24.2. The van der Waals surface area contributed by atoms with Gasteiger partial charge in [-0.15, -0.1) is 10.2 Å². The Morgan fingerprint density at radius 3 is 2.67 bits per heavy atom. The van der Waals surface area contributed by atoms with Gasteiger partial charge < -0.3 is 18.9 Å². The molecule has 2 aliphatic heterocycles. The molecule has 9 heteroatoms. The lowest BCUT2D eigenvalue weighted by molar-refractivity contribution is 0.171. The first-order chi connectivity index (χ1) is 16.2. The zero-order valence-corrected chi connectivity index (χ0v) is 19.9. The Labute approximate surface area is 197 Å². The maximum Gasteiger partial charge on any atom is 0.231 e. The molecule has 0 radical (unpaired) electrons. The topological polar surface area (TPSA) is 70.9 Å². The minimum absolute atomic E-state index is 0.243. The van der Waals surface area contributed by atoms with Crippen molar-refractivity contribution in [2.24, 2.45) is 0 Å². The minimum Gasteiger partial charge on any atom is -0.497 e. The highest BCUT2D eigenvalue weighted by Gasteiger charge is 2.28. The van der Waals surface area contributed by atoms with Crippen molar-refractivity contribution in [2.45, 2.75) is 30.5 Å². The third-order valence-electron chi connectivity index (χ3n) is 6.23. The Morgan fingerprint density at radius 2 is 1.91 bits per heavy atom. The van der Waals surface area contributed by atoms with E-state index in [0.717, 1.165) is 66.4 Å². The number of methoxy groups -OCH3 is 2. The van der Waals surface area contributed by atoms with E-state index in [9.17, 15) is 0 Å². The molecule has 0 amide bonds. The zero-order valence-electron chi connectivity index (χ0n) is 19.1. The number of aromatic nitrogens is 3. The van der Waals surface area contributed by atoms with Crippen molar-refractivity contribution in [1.29, 1.82) is 0 Å². The molecule has 0 unspecified atom stereocenters. The predicted molar refractivity (Wildman–Crippen MR) is 126 cm³/mol. The SMILES string of the molecule is COc1cccc(-n2c(SC)nnc2C2CCN(Cc3cc(OC)c4c(c3)OCO4)CC2)c1. The fourth-order valence-corrected chi connectivity index (χ4v) is 5.06. The molecule has 0 bridgehead atoms. The first kappa shape index (κ1) is 21.9. The van der Waals surface area contributed by atoms with Gasteiger partial charge in [-0.25, -0.2) is 0 Å². The maximum atomic E-state index is 5.58. The van der Waals surface area contributed by atoms with Crippen LogP contribution in [-0.2, 0) is 6.54 Å². The predicted octanol–water partition coefficient (Wildman–Crippen LogP) is 4.11. The van der Waals surface area contributed by atoms with E-state index in [4.69, 9.17) is 18.9 Å². The van der Waals surface area contributed by atoms with Crippen molar-refractivity contribution in [2.75, 3.05) is 40.4 Å². The second kappa shape index (κ2) is 9.52. The Kier molecular flexibility index (Phi) is 6.32. The van der Waals surface area contributed by atoms with Gasteiger partial charge in [-0.05, 0) is 62.0 Å². The number of hydrogen-bond acceptors (Lipinski definition) is 8. The number of benzene rings is 2. The third-order valence-corrected chi connectivity index (χ3v) is 6.86. The largest absolute Gasteiger partial charge is 0.497 e. The summed E-state index contributed by atoms with van der Waals surface area (Å²) in [4.78, 5) is 2.47. The molecule has 1 saturated heterocycles. The molecular weight excluding hydrogens is 440 g/mol. The van der Waals surface area contributed by atoms with Crippen LogP contribution in [0, 0.1) is 0 Å². The van der Waals surface area contributed by atoms with E-state index in [-0.39, 0.29) is 6.79 Å². The Bertz CT molecular complexity index is 1130. The summed E-state index contributed by atoms with van der Waals surface area (Å²) >= 11 is 1.61. The van der Waals surface area contributed by atoms with Crippen LogP contribution in [0.4, 0.5) is 0 Å². The highest BCUT2D eigenvalue weighted by atomic mass is 32.2. The summed E-state index contributed by atoms with van der Waals surface area (Å²) in [6, 6.07) is 12.2. The number of thioether (sulfide) groups is 1. The molecule has 174 valence electrons. The molecule has 0 N–H and O–H groups in total. The van der Waals surface area contributed by atoms with Crippen molar-refractivity contribution in [1.82, 2.24) is 19.7 Å². The van der Waals surface area contributed by atoms with Gasteiger partial charge >= 0.3 is 0 Å². The van der Waals surface area contributed by atoms with Crippen molar-refractivity contribution < 1.29 is 18.9 Å². The molecule has 2 aromatic carbocycles. The quantitative estimate of drug-likeness (QED) is 0.480. The average Bonchev–Trinajstić information content (AvgIpc) is 3.51. The van der Waals surface area contributed by atoms with Crippen LogP contribution in [0.1, 0.15) is 30.1 Å². The molecule has 33 heavy (non-hydrogen) atoms. The molecule has 8 nitrogen and oxygen atoms in total. The molecule has 0 atom stereocenters. The van der Waals surface area contributed by atoms with Crippen molar-refractivity contribution >= 4 is 11.8 Å². The van der Waals surface area contributed by atoms with E-state index in [0.29, 0.717) is 11.7 Å². The lowest BCUT2D eigenvalue weighted by atomic mass is 9.95. The van der Waals surface area contributed by atoms with Crippen molar-refractivity contribution in [3.8, 4) is 28.7 Å². The highest BCUT2D eigenvalue weighted by Crippen LogP contribution is 2.42. The first-order valence-electron chi connectivity index (χ1n) is 11.0. The van der Waals surface area contributed by atoms with E-state index in [1.807, 2.05) is 30.5 Å². The standard InChI is InChI=1S/C24H28N4O4S/c1-29-19-6-4-5-18(13-19)28-23(25-26-24(28)33-3)17-7-9-27(10-8-17)14-16-11-20(30-2)22-21(12-16)31-15-32-22/h4-6,11-13,17H,7-10,14-15H2,1-3H3. The van der Waals surface area contributed by atoms with Gasteiger partial charge in [0.25, 0.3) is 0 Å². The average molecular weight is 469 g/mol. The molecule has 2 aliphatic rings. The zero-order chi connectivity index (χ0) is 22.8. The summed E-state index contributed by atoms with van der Waals surface area (Å²) in [7, 11) is 3.35. The number of nitrogens with zero attached hydrogens (tertiary/aromatic N) is 4. The van der Waals surface area contributed by atoms with Crippen LogP contribution in [0.2, 0.25) is 0 Å². The first-order valence-corrected chi connectivity index (χ1v) is 12.2. The molecule has 0 aliphatic carbocycles. The lowest BCUT2D eigenvalue weighted by Crippen LogP contribution is -2.33. The monoisotopic (exact) mass is 468 g/mol. The van der Waals surface area contributed by atoms with E-state index >= 15 is 0 Å². The van der Waals surface area contributed by atoms with E-state index in [1.165, 1.54) is 5.56 Å². The van der Waals surface area contributed by atoms with Gasteiger partial charge in [0.1, 0.15) is 11.6 Å². The van der Waals surface area contributed by atoms with Crippen LogP contribution in [0.5, 0.6) is 23.0 Å². The van der Waals surface area contributed by atoms with Gasteiger partial charge in [-0.1, -0.05) is 17.8 Å². The summed E-state index contributed by atoms with van der Waals surface area (Å²) in [5, 5.41) is 9.96. The Hall–Kier alpha value is -2.91. The van der Waals surface area contributed by atoms with Crippen LogP contribution >= 0.6 is 11.8 Å². The molecule has 1 fully saturated rings. The Balaban J connectivity index is 1.31.